The minimum atomic E-state index is -1.46. The summed E-state index contributed by atoms with van der Waals surface area (Å²) in [4.78, 5) is 9.27. The summed E-state index contributed by atoms with van der Waals surface area (Å²) in [5, 5.41) is 9.27. The first-order valence-corrected chi connectivity index (χ1v) is 14.1. The molecule has 0 fully saturated rings. The Labute approximate surface area is 202 Å². The molecule has 0 radical (unpaired) electrons. The van der Waals surface area contributed by atoms with Crippen LogP contribution in [0.15, 0.2) is 0 Å². The van der Waals surface area contributed by atoms with Crippen LogP contribution in [0.1, 0.15) is 143 Å². The van der Waals surface area contributed by atoms with E-state index in [-0.39, 0.29) is 6.61 Å². The van der Waals surface area contributed by atoms with Gasteiger partial charge >= 0.3 is 0 Å². The molecule has 32 heavy (non-hydrogen) atoms. The second kappa shape index (κ2) is 26.5. The van der Waals surface area contributed by atoms with Crippen molar-refractivity contribution in [3.8, 4) is 0 Å². The fourth-order valence-electron chi connectivity index (χ4n) is 4.27. The minimum absolute atomic E-state index is 0.169. The molecule has 0 atom stereocenters. The molecule has 0 amide bonds. The number of nitrogens with zero attached hydrogens (tertiary/aromatic N) is 1. The van der Waals surface area contributed by atoms with Gasteiger partial charge < -0.3 is 19.1 Å². The van der Waals surface area contributed by atoms with E-state index in [0.717, 1.165) is 0 Å². The Kier molecular flexibility index (Phi) is 27.6. The van der Waals surface area contributed by atoms with Gasteiger partial charge in [0.05, 0.1) is 26.7 Å². The van der Waals surface area contributed by atoms with Gasteiger partial charge in [-0.15, -0.1) is 0 Å². The quantitative estimate of drug-likeness (QED) is 0.0943. The number of hydrogen-bond acceptors (Lipinski definition) is 3. The lowest BCUT2D eigenvalue weighted by Crippen LogP contribution is -2.46. The predicted octanol–water partition coefficient (Wildman–Crippen LogP) is 7.88. The van der Waals surface area contributed by atoms with E-state index in [1.807, 2.05) is 0 Å². The van der Waals surface area contributed by atoms with E-state index in [0.29, 0.717) is 0 Å². The van der Waals surface area contributed by atoms with Crippen molar-refractivity contribution in [2.75, 3.05) is 33.3 Å². The molecule has 0 aliphatic rings. The van der Waals surface area contributed by atoms with Gasteiger partial charge in [-0.25, -0.2) is 0 Å². The van der Waals surface area contributed by atoms with Crippen LogP contribution in [0.4, 0.5) is 4.79 Å². The van der Waals surface area contributed by atoms with Crippen LogP contribution in [0, 0.1) is 0 Å². The molecule has 0 N–H and O–H groups in total. The van der Waals surface area contributed by atoms with E-state index in [1.165, 1.54) is 140 Å². The van der Waals surface area contributed by atoms with Crippen molar-refractivity contribution < 1.29 is 19.1 Å². The van der Waals surface area contributed by atoms with Crippen molar-refractivity contribution in [1.29, 1.82) is 0 Å². The van der Waals surface area contributed by atoms with Crippen molar-refractivity contribution in [2.45, 2.75) is 143 Å². The van der Waals surface area contributed by atoms with Crippen molar-refractivity contribution >= 4 is 6.16 Å². The molecule has 0 spiro atoms. The van der Waals surface area contributed by atoms with E-state index in [2.05, 4.69) is 32.6 Å². The summed E-state index contributed by atoms with van der Waals surface area (Å²) in [5.74, 6) is 0. The third-order valence-electron chi connectivity index (χ3n) is 6.42. The number of quaternary nitrogens is 1. The standard InChI is InChI=1S/C25H54N.C3H6O3/c1-5-8-11-14-17-20-23-26(4,24-21-18-15-12-9-6-2)25-22-19-16-13-10-7-3;1-2-6-3(4)5/h5-25H2,1-4H3;2H2,1H3,(H,4,5)/q+1;/p-1. The average molecular weight is 458 g/mol. The van der Waals surface area contributed by atoms with Crippen molar-refractivity contribution in [3.05, 3.63) is 0 Å². The molecule has 0 aromatic carbocycles. The topological polar surface area (TPSA) is 49.4 Å². The van der Waals surface area contributed by atoms with E-state index in [1.54, 1.807) is 6.92 Å². The molecule has 0 aliphatic carbocycles. The second-order valence-electron chi connectivity index (χ2n) is 9.78. The third kappa shape index (κ3) is 27.3. The Morgan fingerprint density at radius 3 is 1.06 bits per heavy atom. The summed E-state index contributed by atoms with van der Waals surface area (Å²) in [5.41, 5.74) is 0. The summed E-state index contributed by atoms with van der Waals surface area (Å²) in [6, 6.07) is 0. The van der Waals surface area contributed by atoms with Crippen molar-refractivity contribution in [3.63, 3.8) is 0 Å². The third-order valence-corrected chi connectivity index (χ3v) is 6.42. The van der Waals surface area contributed by atoms with Crippen LogP contribution in [0.2, 0.25) is 0 Å². The molecule has 0 aromatic rings. The summed E-state index contributed by atoms with van der Waals surface area (Å²) < 4.78 is 5.20. The van der Waals surface area contributed by atoms with E-state index in [9.17, 15) is 9.90 Å². The van der Waals surface area contributed by atoms with Gasteiger partial charge in [-0.3, -0.25) is 0 Å². The van der Waals surface area contributed by atoms with Crippen LogP contribution < -0.4 is 5.11 Å². The molecule has 0 bridgehead atoms. The molecule has 0 aliphatic heterocycles. The van der Waals surface area contributed by atoms with Gasteiger partial charge in [-0.05, 0) is 45.4 Å². The van der Waals surface area contributed by atoms with Gasteiger partial charge in [0.15, 0.2) is 0 Å². The summed E-state index contributed by atoms with van der Waals surface area (Å²) in [6.07, 6.45) is 24.4. The number of rotatable bonds is 22. The summed E-state index contributed by atoms with van der Waals surface area (Å²) >= 11 is 0. The largest absolute Gasteiger partial charge is 0.550 e. The highest BCUT2D eigenvalue weighted by atomic mass is 16.7. The lowest BCUT2D eigenvalue weighted by molar-refractivity contribution is -0.910. The maximum atomic E-state index is 9.27. The highest BCUT2D eigenvalue weighted by molar-refractivity contribution is 5.53. The Balaban J connectivity index is 0. The van der Waals surface area contributed by atoms with Crippen LogP contribution >= 0.6 is 0 Å². The van der Waals surface area contributed by atoms with E-state index >= 15 is 0 Å². The van der Waals surface area contributed by atoms with Gasteiger partial charge in [0, 0.05) is 6.61 Å². The Hall–Kier alpha value is -0.770. The molecule has 0 saturated carbocycles. The normalized spacial score (nSPS) is 11.2. The van der Waals surface area contributed by atoms with Gasteiger partial charge in [0.1, 0.15) is 0 Å². The summed E-state index contributed by atoms with van der Waals surface area (Å²) in [7, 11) is 2.56. The average Bonchev–Trinajstić information content (AvgIpc) is 2.76. The molecule has 0 rings (SSSR count). The lowest BCUT2D eigenvalue weighted by Gasteiger charge is -2.35. The molecule has 4 nitrogen and oxygen atoms in total. The van der Waals surface area contributed by atoms with Crippen LogP contribution in [0.5, 0.6) is 0 Å². The Morgan fingerprint density at radius 2 is 0.844 bits per heavy atom. The van der Waals surface area contributed by atoms with Crippen LogP contribution in [0.3, 0.4) is 0 Å². The highest BCUT2D eigenvalue weighted by Gasteiger charge is 2.20. The monoisotopic (exact) mass is 457 g/mol. The van der Waals surface area contributed by atoms with Crippen LogP contribution in [-0.2, 0) is 4.74 Å². The molecule has 194 valence electrons. The Bertz CT molecular complexity index is 333. The maximum absolute atomic E-state index is 9.27. The second-order valence-corrected chi connectivity index (χ2v) is 9.78. The van der Waals surface area contributed by atoms with Gasteiger partial charge in [-0.2, -0.15) is 0 Å². The zero-order valence-electron chi connectivity index (χ0n) is 22.7. The fourth-order valence-corrected chi connectivity index (χ4v) is 4.27. The first kappa shape index (κ1) is 33.4. The van der Waals surface area contributed by atoms with E-state index < -0.39 is 6.16 Å². The van der Waals surface area contributed by atoms with Crippen molar-refractivity contribution in [1.82, 2.24) is 0 Å². The molecule has 0 aromatic heterocycles. The number of carbonyl (C=O) groups is 1. The molecule has 0 unspecified atom stereocenters. The van der Waals surface area contributed by atoms with Crippen LogP contribution in [0.25, 0.3) is 0 Å². The number of hydrogen-bond donors (Lipinski definition) is 0. The van der Waals surface area contributed by atoms with Crippen LogP contribution in [-0.4, -0.2) is 43.9 Å². The number of ether oxygens (including phenoxy) is 1. The molecule has 4 heteroatoms. The Morgan fingerprint density at radius 1 is 0.562 bits per heavy atom. The summed E-state index contributed by atoms with van der Waals surface area (Å²) in [6.45, 7) is 13.0. The van der Waals surface area contributed by atoms with Crippen molar-refractivity contribution in [2.24, 2.45) is 0 Å². The van der Waals surface area contributed by atoms with Gasteiger partial charge in [0.2, 0.25) is 0 Å². The smallest absolute Gasteiger partial charge is 0.251 e. The highest BCUT2D eigenvalue weighted by Crippen LogP contribution is 2.16. The molecule has 0 saturated heterocycles. The molecular formula is C28H59NO3. The predicted molar refractivity (Wildman–Crippen MR) is 138 cm³/mol. The first-order valence-electron chi connectivity index (χ1n) is 14.1. The van der Waals surface area contributed by atoms with Gasteiger partial charge in [0.25, 0.3) is 6.16 Å². The molecule has 0 heterocycles. The minimum Gasteiger partial charge on any atom is -0.550 e. The fraction of sp³-hybridized carbons (Fsp3) is 0.964. The number of carbonyl (C=O) groups excluding carboxylic acids is 1. The molecular weight excluding hydrogens is 398 g/mol. The van der Waals surface area contributed by atoms with E-state index in [4.69, 9.17) is 0 Å². The van der Waals surface area contributed by atoms with Gasteiger partial charge in [-0.1, -0.05) is 97.8 Å². The zero-order valence-corrected chi connectivity index (χ0v) is 22.7. The first-order chi connectivity index (χ1) is 15.5. The number of unbranched alkanes of at least 4 members (excludes halogenated alkanes) is 15. The SMILES string of the molecule is CCCCCCCC[N+](C)(CCCCCCCC)CCCCCCCC.CCOC(=O)[O-]. The zero-order chi connectivity index (χ0) is 24.3. The maximum Gasteiger partial charge on any atom is 0.251 e. The lowest BCUT2D eigenvalue weighted by atomic mass is 10.1. The number of carboxylic acid groups (broad SMARTS) is 1.